The fourth-order valence-corrected chi connectivity index (χ4v) is 11.7. The van der Waals surface area contributed by atoms with Gasteiger partial charge in [0.1, 0.15) is 0 Å². The van der Waals surface area contributed by atoms with Crippen molar-refractivity contribution in [3.8, 4) is 11.1 Å². The van der Waals surface area contributed by atoms with Crippen LogP contribution in [0.4, 0.5) is 0 Å². The summed E-state index contributed by atoms with van der Waals surface area (Å²) >= 11 is 0. The summed E-state index contributed by atoms with van der Waals surface area (Å²) in [5, 5.41) is 16.4. The molecule has 0 nitrogen and oxygen atoms in total. The molecule has 0 radical (unpaired) electrons. The maximum atomic E-state index is 2.57. The van der Waals surface area contributed by atoms with Crippen molar-refractivity contribution in [1.82, 2.24) is 0 Å². The second-order valence-corrected chi connectivity index (χ2v) is 16.6. The van der Waals surface area contributed by atoms with Crippen molar-refractivity contribution in [2.45, 2.75) is 23.7 Å². The van der Waals surface area contributed by atoms with Gasteiger partial charge in [0, 0.05) is 11.8 Å². The fourth-order valence-electron chi connectivity index (χ4n) is 11.7. The van der Waals surface area contributed by atoms with Crippen LogP contribution in [-0.4, -0.2) is 0 Å². The van der Waals surface area contributed by atoms with Gasteiger partial charge in [-0.1, -0.05) is 121 Å². The van der Waals surface area contributed by atoms with E-state index < -0.39 is 0 Å². The number of fused-ring (bicyclic) bond motifs is 12. The second kappa shape index (κ2) is 9.19. The molecule has 16 rings (SSSR count). The topological polar surface area (TPSA) is 0 Å². The highest BCUT2D eigenvalue weighted by molar-refractivity contribution is 6.27. The van der Waals surface area contributed by atoms with E-state index in [2.05, 4.69) is 158 Å². The molecule has 0 saturated heterocycles. The Labute approximate surface area is 302 Å². The molecule has 8 bridgehead atoms. The van der Waals surface area contributed by atoms with Crippen LogP contribution in [0.15, 0.2) is 158 Å². The summed E-state index contributed by atoms with van der Waals surface area (Å²) in [5.74, 6) is 4.75. The van der Waals surface area contributed by atoms with Gasteiger partial charge in [-0.15, -0.1) is 0 Å². The summed E-state index contributed by atoms with van der Waals surface area (Å²) in [7, 11) is 0. The van der Waals surface area contributed by atoms with Crippen LogP contribution in [0.3, 0.4) is 0 Å². The minimum atomic E-state index is 0.382. The molecule has 8 aromatic rings. The van der Waals surface area contributed by atoms with E-state index in [0.29, 0.717) is 47.3 Å². The molecule has 2 saturated carbocycles. The number of rotatable bonds is 1. The highest BCUT2D eigenvalue weighted by Crippen LogP contribution is 2.63. The highest BCUT2D eigenvalue weighted by Gasteiger charge is 2.52. The molecule has 0 heteroatoms. The van der Waals surface area contributed by atoms with Gasteiger partial charge in [-0.05, 0) is 170 Å². The zero-order valence-corrected chi connectivity index (χ0v) is 28.6. The van der Waals surface area contributed by atoms with Gasteiger partial charge in [0.15, 0.2) is 0 Å². The smallest absolute Gasteiger partial charge is 0.0202 e. The molecule has 8 aliphatic rings. The molecule has 2 fully saturated rings. The number of hydrogen-bond donors (Lipinski definition) is 0. The van der Waals surface area contributed by atoms with E-state index in [1.165, 1.54) is 86.9 Å². The van der Waals surface area contributed by atoms with Crippen molar-refractivity contribution < 1.29 is 0 Å². The van der Waals surface area contributed by atoms with Crippen molar-refractivity contribution in [3.05, 3.63) is 180 Å². The molecule has 4 unspecified atom stereocenters. The summed E-state index contributed by atoms with van der Waals surface area (Å²) in [6.45, 7) is 0. The molecule has 0 aromatic heterocycles. The highest BCUT2D eigenvalue weighted by atomic mass is 14.6. The minimum absolute atomic E-state index is 0.382. The van der Waals surface area contributed by atoms with Gasteiger partial charge in [-0.3, -0.25) is 0 Å². The van der Waals surface area contributed by atoms with Crippen LogP contribution >= 0.6 is 0 Å². The Hall–Kier alpha value is -5.72. The van der Waals surface area contributed by atoms with E-state index in [1.807, 2.05) is 0 Å². The van der Waals surface area contributed by atoms with Crippen LogP contribution < -0.4 is 0 Å². The van der Waals surface area contributed by atoms with Crippen LogP contribution in [0.2, 0.25) is 0 Å². The largest absolute Gasteiger partial charge is 0.0833 e. The normalized spacial score (nSPS) is 28.1. The Bertz CT molecular complexity index is 2880. The standard InChI is InChI=1S/C52H34/c1-3-7-33-31(5-1)43-21-29(13-15-35(43)45-23-41-27-9-17-37-38(18-10-27)51(37)49(41)25-47(33)45)30-14-16-36-44(22-30)32-6-2-4-8-34(32)48-26-50-42(24-46(36)48)28-11-19-39-40(20-12-28)52(39)50/h1-28,37-40,51-52H. The van der Waals surface area contributed by atoms with Gasteiger partial charge in [0.25, 0.3) is 0 Å². The minimum Gasteiger partial charge on any atom is -0.0833 e. The van der Waals surface area contributed by atoms with E-state index in [4.69, 9.17) is 0 Å². The number of hydrogen-bond acceptors (Lipinski definition) is 0. The van der Waals surface area contributed by atoms with Gasteiger partial charge < -0.3 is 0 Å². The van der Waals surface area contributed by atoms with Crippen LogP contribution in [0.5, 0.6) is 0 Å². The van der Waals surface area contributed by atoms with Crippen LogP contribution in [0, 0.1) is 23.7 Å². The molecule has 8 aromatic carbocycles. The molecule has 52 heavy (non-hydrogen) atoms. The Morgan fingerprint density at radius 1 is 0.250 bits per heavy atom. The van der Waals surface area contributed by atoms with E-state index in [1.54, 1.807) is 11.1 Å². The van der Waals surface area contributed by atoms with Crippen molar-refractivity contribution >= 4 is 64.6 Å². The van der Waals surface area contributed by atoms with Crippen LogP contribution in [0.25, 0.3) is 75.8 Å². The quantitative estimate of drug-likeness (QED) is 0.122. The monoisotopic (exact) mass is 658 g/mol. The lowest BCUT2D eigenvalue weighted by Gasteiger charge is -2.18. The zero-order chi connectivity index (χ0) is 33.4. The van der Waals surface area contributed by atoms with E-state index in [9.17, 15) is 0 Å². The second-order valence-electron chi connectivity index (χ2n) is 16.6. The third-order valence-electron chi connectivity index (χ3n) is 14.3. The lowest BCUT2D eigenvalue weighted by Crippen LogP contribution is -1.97. The average Bonchev–Trinajstić information content (AvgIpc) is 4.09. The first kappa shape index (κ1) is 27.0. The Morgan fingerprint density at radius 2 is 0.558 bits per heavy atom. The molecule has 8 aliphatic carbocycles. The summed E-state index contributed by atoms with van der Waals surface area (Å²) in [4.78, 5) is 0. The molecule has 4 atom stereocenters. The lowest BCUT2D eigenvalue weighted by atomic mass is 9.85. The third-order valence-corrected chi connectivity index (χ3v) is 14.3. The fraction of sp³-hybridized carbons (Fsp3) is 0.154. The Balaban J connectivity index is 0.997. The first-order chi connectivity index (χ1) is 25.8. The molecule has 0 N–H and O–H groups in total. The predicted molar refractivity (Wildman–Crippen MR) is 218 cm³/mol. The van der Waals surface area contributed by atoms with Crippen molar-refractivity contribution in [3.63, 3.8) is 0 Å². The number of benzene rings is 8. The Morgan fingerprint density at radius 3 is 0.923 bits per heavy atom. The van der Waals surface area contributed by atoms with E-state index in [-0.39, 0.29) is 0 Å². The molecular weight excluding hydrogens is 625 g/mol. The van der Waals surface area contributed by atoms with E-state index >= 15 is 0 Å². The molecule has 0 amide bonds. The van der Waals surface area contributed by atoms with Gasteiger partial charge in [-0.25, -0.2) is 0 Å². The SMILES string of the molecule is C1=CC2C3C=CC1c1cc4c5ccc(-c6ccc7c(c6)c6ccccc6c6cc8c(cc76)C6C=CC7C(C=C6)C87)cc5c5ccccc5c4cc1C23. The van der Waals surface area contributed by atoms with Gasteiger partial charge in [0.2, 0.25) is 0 Å². The molecule has 242 valence electrons. The first-order valence-electron chi connectivity index (χ1n) is 19.3. The Kier molecular flexibility index (Phi) is 4.77. The van der Waals surface area contributed by atoms with Gasteiger partial charge in [-0.2, -0.15) is 0 Å². The summed E-state index contributed by atoms with van der Waals surface area (Å²) in [6.07, 6.45) is 19.8. The van der Waals surface area contributed by atoms with Crippen molar-refractivity contribution in [2.75, 3.05) is 0 Å². The number of allylic oxidation sites excluding steroid dienone is 8. The predicted octanol–water partition coefficient (Wildman–Crippen LogP) is 13.4. The summed E-state index contributed by atoms with van der Waals surface area (Å²) < 4.78 is 0. The maximum Gasteiger partial charge on any atom is 0.0202 e. The van der Waals surface area contributed by atoms with Crippen molar-refractivity contribution in [2.24, 2.45) is 23.7 Å². The molecule has 0 heterocycles. The van der Waals surface area contributed by atoms with Crippen LogP contribution in [0.1, 0.15) is 45.9 Å². The lowest BCUT2D eigenvalue weighted by molar-refractivity contribution is 1.00. The van der Waals surface area contributed by atoms with Gasteiger partial charge >= 0.3 is 0 Å². The zero-order valence-electron chi connectivity index (χ0n) is 28.6. The third kappa shape index (κ3) is 3.31. The summed E-state index contributed by atoms with van der Waals surface area (Å²) in [5.41, 5.74) is 8.72. The van der Waals surface area contributed by atoms with E-state index in [0.717, 1.165) is 0 Å². The molecule has 0 aliphatic heterocycles. The molecule has 0 spiro atoms. The molecular formula is C52H34. The van der Waals surface area contributed by atoms with Crippen LogP contribution in [-0.2, 0) is 0 Å². The first-order valence-corrected chi connectivity index (χ1v) is 19.3. The maximum absolute atomic E-state index is 2.57. The summed E-state index contributed by atoms with van der Waals surface area (Å²) in [6, 6.07) is 43.0. The average molecular weight is 659 g/mol. The van der Waals surface area contributed by atoms with Crippen molar-refractivity contribution in [1.29, 1.82) is 0 Å². The van der Waals surface area contributed by atoms with Gasteiger partial charge in [0.05, 0.1) is 0 Å².